The third-order valence-electron chi connectivity index (χ3n) is 2.73. The fourth-order valence-corrected chi connectivity index (χ4v) is 1.51. The number of carbonyl (C=O) groups excluding carboxylic acids is 1. The molecule has 1 atom stereocenters. The molecule has 0 spiro atoms. The van der Waals surface area contributed by atoms with Crippen molar-refractivity contribution in [2.75, 3.05) is 25.1 Å². The van der Waals surface area contributed by atoms with E-state index < -0.39 is 12.1 Å². The monoisotopic (exact) mass is 269 g/mol. The lowest BCUT2D eigenvalue weighted by Gasteiger charge is -2.12. The Kier molecular flexibility index (Phi) is 4.75. The second-order valence-corrected chi connectivity index (χ2v) is 4.79. The fourth-order valence-electron chi connectivity index (χ4n) is 1.51. The zero-order chi connectivity index (χ0) is 13.7. The van der Waals surface area contributed by atoms with Crippen LogP contribution in [-0.4, -0.2) is 42.2 Å². The summed E-state index contributed by atoms with van der Waals surface area (Å²) in [6.45, 7) is 2.80. The summed E-state index contributed by atoms with van der Waals surface area (Å²) >= 11 is 0. The molecule has 7 nitrogen and oxygen atoms in total. The van der Waals surface area contributed by atoms with E-state index in [0.29, 0.717) is 24.1 Å². The number of nitrogens with one attached hydrogen (secondary N) is 2. The van der Waals surface area contributed by atoms with Crippen molar-refractivity contribution < 1.29 is 19.2 Å². The van der Waals surface area contributed by atoms with Crippen LogP contribution in [-0.2, 0) is 4.74 Å². The van der Waals surface area contributed by atoms with E-state index in [1.807, 2.05) is 0 Å². The van der Waals surface area contributed by atoms with Crippen LogP contribution in [0.3, 0.4) is 0 Å². The zero-order valence-electron chi connectivity index (χ0n) is 10.9. The predicted octanol–water partition coefficient (Wildman–Crippen LogP) is 0.892. The van der Waals surface area contributed by atoms with Crippen LogP contribution in [0.5, 0.6) is 0 Å². The molecule has 0 unspecified atom stereocenters. The predicted molar refractivity (Wildman–Crippen MR) is 67.8 cm³/mol. The molecule has 3 N–H and O–H groups in total. The largest absolute Gasteiger partial charge is 0.389 e. The number of aliphatic hydroxyl groups excluding tert-OH is 1. The second kappa shape index (κ2) is 6.53. The lowest BCUT2D eigenvalue weighted by Crippen LogP contribution is -2.37. The first-order chi connectivity index (χ1) is 9.13. The highest BCUT2D eigenvalue weighted by molar-refractivity contribution is 5.88. The normalized spacial score (nSPS) is 16.1. The van der Waals surface area contributed by atoms with Crippen molar-refractivity contribution in [1.29, 1.82) is 0 Å². The summed E-state index contributed by atoms with van der Waals surface area (Å²) in [4.78, 5) is 11.5. The number of urea groups is 1. The highest BCUT2D eigenvalue weighted by Crippen LogP contribution is 2.28. The van der Waals surface area contributed by atoms with Crippen LogP contribution in [0.15, 0.2) is 10.6 Å². The van der Waals surface area contributed by atoms with Gasteiger partial charge in [-0.05, 0) is 25.7 Å². The molecular weight excluding hydrogens is 250 g/mol. The molecule has 0 aromatic carbocycles. The van der Waals surface area contributed by atoms with Crippen LogP contribution in [0.1, 0.15) is 18.6 Å². The number of anilines is 1. The Labute approximate surface area is 111 Å². The molecule has 1 heterocycles. The Hall–Kier alpha value is -1.60. The van der Waals surface area contributed by atoms with E-state index in [4.69, 9.17) is 9.26 Å². The SMILES string of the molecule is Cc1cc(NC(=O)NC[C@H](O)COCC2CC2)no1. The number of aromatic nitrogens is 1. The van der Waals surface area contributed by atoms with Gasteiger partial charge in [0.25, 0.3) is 0 Å². The molecule has 19 heavy (non-hydrogen) atoms. The van der Waals surface area contributed by atoms with Crippen molar-refractivity contribution in [2.24, 2.45) is 5.92 Å². The summed E-state index contributed by atoms with van der Waals surface area (Å²) in [6, 6.07) is 1.17. The number of hydrogen-bond donors (Lipinski definition) is 3. The Balaban J connectivity index is 1.56. The zero-order valence-corrected chi connectivity index (χ0v) is 10.9. The van der Waals surface area contributed by atoms with E-state index in [1.165, 1.54) is 12.8 Å². The Bertz CT molecular complexity index is 417. The summed E-state index contributed by atoms with van der Waals surface area (Å²) in [5.74, 6) is 1.62. The molecule has 2 rings (SSSR count). The van der Waals surface area contributed by atoms with Crippen LogP contribution in [0, 0.1) is 12.8 Å². The van der Waals surface area contributed by atoms with Gasteiger partial charge in [0.1, 0.15) is 5.76 Å². The highest BCUT2D eigenvalue weighted by Gasteiger charge is 2.21. The van der Waals surface area contributed by atoms with Gasteiger partial charge >= 0.3 is 6.03 Å². The summed E-state index contributed by atoms with van der Waals surface area (Å²) in [5.41, 5.74) is 0. The van der Waals surface area contributed by atoms with Crippen LogP contribution in [0.2, 0.25) is 0 Å². The lowest BCUT2D eigenvalue weighted by atomic mass is 10.4. The van der Waals surface area contributed by atoms with E-state index >= 15 is 0 Å². The maximum absolute atomic E-state index is 11.5. The standard InChI is InChI=1S/C12H19N3O4/c1-8-4-11(15-19-8)14-12(17)13-5-10(16)7-18-6-9-2-3-9/h4,9-10,16H,2-3,5-7H2,1H3,(H2,13,14,15,17)/t10-/m0/s1. The summed E-state index contributed by atoms with van der Waals surface area (Å²) in [6.07, 6.45) is 1.73. The number of ether oxygens (including phenoxy) is 1. The number of rotatable bonds is 7. The third kappa shape index (κ3) is 5.27. The van der Waals surface area contributed by atoms with Gasteiger partial charge in [0.05, 0.1) is 12.7 Å². The minimum absolute atomic E-state index is 0.132. The van der Waals surface area contributed by atoms with Crippen molar-refractivity contribution in [3.63, 3.8) is 0 Å². The molecule has 1 fully saturated rings. The Morgan fingerprint density at radius 3 is 3.11 bits per heavy atom. The first-order valence-corrected chi connectivity index (χ1v) is 6.37. The van der Waals surface area contributed by atoms with Crippen molar-refractivity contribution in [1.82, 2.24) is 10.5 Å². The summed E-state index contributed by atoms with van der Waals surface area (Å²) in [7, 11) is 0. The minimum atomic E-state index is -0.705. The van der Waals surface area contributed by atoms with Gasteiger partial charge in [0.15, 0.2) is 5.82 Å². The molecule has 7 heteroatoms. The average Bonchev–Trinajstić information content (AvgIpc) is 3.10. The topological polar surface area (TPSA) is 96.6 Å². The first kappa shape index (κ1) is 13.8. The molecule has 1 aromatic heterocycles. The molecule has 0 saturated heterocycles. The molecule has 0 bridgehead atoms. The van der Waals surface area contributed by atoms with Crippen LogP contribution in [0.25, 0.3) is 0 Å². The Morgan fingerprint density at radius 2 is 2.47 bits per heavy atom. The van der Waals surface area contributed by atoms with Crippen molar-refractivity contribution in [3.05, 3.63) is 11.8 Å². The Morgan fingerprint density at radius 1 is 1.68 bits per heavy atom. The number of aryl methyl sites for hydroxylation is 1. The minimum Gasteiger partial charge on any atom is -0.389 e. The number of carbonyl (C=O) groups is 1. The molecule has 0 radical (unpaired) electrons. The van der Waals surface area contributed by atoms with Crippen LogP contribution >= 0.6 is 0 Å². The number of nitrogens with zero attached hydrogens (tertiary/aromatic N) is 1. The third-order valence-corrected chi connectivity index (χ3v) is 2.73. The quantitative estimate of drug-likeness (QED) is 0.683. The van der Waals surface area contributed by atoms with Gasteiger partial charge in [-0.25, -0.2) is 4.79 Å². The van der Waals surface area contributed by atoms with Crippen LogP contribution in [0.4, 0.5) is 10.6 Å². The van der Waals surface area contributed by atoms with E-state index in [1.54, 1.807) is 13.0 Å². The smallest absolute Gasteiger partial charge is 0.320 e. The van der Waals surface area contributed by atoms with Gasteiger partial charge in [-0.15, -0.1) is 0 Å². The molecule has 106 valence electrons. The van der Waals surface area contributed by atoms with Gasteiger partial charge in [0.2, 0.25) is 0 Å². The molecule has 1 saturated carbocycles. The van der Waals surface area contributed by atoms with Crippen LogP contribution < -0.4 is 10.6 Å². The summed E-state index contributed by atoms with van der Waals surface area (Å²) in [5, 5.41) is 18.3. The lowest BCUT2D eigenvalue weighted by molar-refractivity contribution is 0.0339. The van der Waals surface area contributed by atoms with E-state index in [0.717, 1.165) is 0 Å². The van der Waals surface area contributed by atoms with Crippen molar-refractivity contribution in [3.8, 4) is 0 Å². The van der Waals surface area contributed by atoms with Gasteiger partial charge in [-0.3, -0.25) is 5.32 Å². The molecule has 2 amide bonds. The average molecular weight is 269 g/mol. The van der Waals surface area contributed by atoms with Crippen molar-refractivity contribution >= 4 is 11.8 Å². The highest BCUT2D eigenvalue weighted by atomic mass is 16.5. The van der Waals surface area contributed by atoms with Gasteiger partial charge in [-0.1, -0.05) is 5.16 Å². The summed E-state index contributed by atoms with van der Waals surface area (Å²) < 4.78 is 10.1. The van der Waals surface area contributed by atoms with Gasteiger partial charge in [-0.2, -0.15) is 0 Å². The van der Waals surface area contributed by atoms with Gasteiger partial charge in [0, 0.05) is 19.2 Å². The van der Waals surface area contributed by atoms with E-state index in [9.17, 15) is 9.90 Å². The van der Waals surface area contributed by atoms with E-state index in [2.05, 4.69) is 15.8 Å². The molecular formula is C12H19N3O4. The van der Waals surface area contributed by atoms with Gasteiger partial charge < -0.3 is 19.7 Å². The van der Waals surface area contributed by atoms with E-state index in [-0.39, 0.29) is 13.2 Å². The fraction of sp³-hybridized carbons (Fsp3) is 0.667. The van der Waals surface area contributed by atoms with Crippen molar-refractivity contribution in [2.45, 2.75) is 25.9 Å². The number of hydrogen-bond acceptors (Lipinski definition) is 5. The second-order valence-electron chi connectivity index (χ2n) is 4.79. The first-order valence-electron chi connectivity index (χ1n) is 6.37. The number of amides is 2. The molecule has 1 aromatic rings. The molecule has 1 aliphatic rings. The molecule has 0 aliphatic heterocycles. The maximum Gasteiger partial charge on any atom is 0.320 e. The molecule has 1 aliphatic carbocycles. The maximum atomic E-state index is 11.5. The number of aliphatic hydroxyl groups is 1.